The van der Waals surface area contributed by atoms with E-state index >= 15 is 0 Å². The SMILES string of the molecule is CC(C)CN1CC(=O)N2Cc3ccccc3CN2C(=O)C1. The van der Waals surface area contributed by atoms with E-state index in [4.69, 9.17) is 0 Å². The molecule has 21 heavy (non-hydrogen) atoms. The van der Waals surface area contributed by atoms with E-state index in [2.05, 4.69) is 13.8 Å². The van der Waals surface area contributed by atoms with Gasteiger partial charge in [0.15, 0.2) is 0 Å². The van der Waals surface area contributed by atoms with Gasteiger partial charge >= 0.3 is 0 Å². The molecule has 1 aromatic carbocycles. The molecule has 2 amide bonds. The first-order valence-electron chi connectivity index (χ1n) is 7.44. The van der Waals surface area contributed by atoms with Crippen LogP contribution < -0.4 is 0 Å². The van der Waals surface area contributed by atoms with Gasteiger partial charge in [-0.05, 0) is 17.0 Å². The molecule has 2 heterocycles. The van der Waals surface area contributed by atoms with E-state index < -0.39 is 0 Å². The van der Waals surface area contributed by atoms with Crippen LogP contribution in [0.25, 0.3) is 0 Å². The lowest BCUT2D eigenvalue weighted by molar-refractivity contribution is -0.164. The lowest BCUT2D eigenvalue weighted by Crippen LogP contribution is -2.50. The molecule has 0 aliphatic carbocycles. The second-order valence-electron chi connectivity index (χ2n) is 6.23. The van der Waals surface area contributed by atoms with Crippen LogP contribution in [0.3, 0.4) is 0 Å². The summed E-state index contributed by atoms with van der Waals surface area (Å²) in [5.41, 5.74) is 2.26. The molecule has 5 heteroatoms. The van der Waals surface area contributed by atoms with Gasteiger partial charge in [-0.2, -0.15) is 0 Å². The van der Waals surface area contributed by atoms with Crippen molar-refractivity contribution in [3.8, 4) is 0 Å². The Kier molecular flexibility index (Phi) is 3.68. The van der Waals surface area contributed by atoms with Gasteiger partial charge in [-0.25, -0.2) is 10.0 Å². The number of hydrazine groups is 1. The van der Waals surface area contributed by atoms with Gasteiger partial charge in [-0.1, -0.05) is 38.1 Å². The van der Waals surface area contributed by atoms with Crippen molar-refractivity contribution >= 4 is 11.8 Å². The van der Waals surface area contributed by atoms with E-state index in [0.29, 0.717) is 32.1 Å². The molecule has 0 N–H and O–H groups in total. The Morgan fingerprint density at radius 2 is 1.38 bits per heavy atom. The predicted molar refractivity (Wildman–Crippen MR) is 78.8 cm³/mol. The van der Waals surface area contributed by atoms with E-state index in [9.17, 15) is 9.59 Å². The molecule has 0 aromatic heterocycles. The summed E-state index contributed by atoms with van der Waals surface area (Å²) in [6.45, 7) is 6.61. The molecule has 0 spiro atoms. The third kappa shape index (κ3) is 2.78. The molecule has 112 valence electrons. The van der Waals surface area contributed by atoms with Crippen LogP contribution in [0.5, 0.6) is 0 Å². The van der Waals surface area contributed by atoms with Gasteiger partial charge in [0.05, 0.1) is 26.2 Å². The standard InChI is InChI=1S/C16H21N3O2/c1-12(2)7-17-10-15(20)18-8-13-5-3-4-6-14(13)9-19(18)16(21)11-17/h3-6,12H,7-11H2,1-2H3. The van der Waals surface area contributed by atoms with E-state index in [1.165, 1.54) is 0 Å². The fraction of sp³-hybridized carbons (Fsp3) is 0.500. The molecule has 1 fully saturated rings. The highest BCUT2D eigenvalue weighted by molar-refractivity contribution is 5.87. The van der Waals surface area contributed by atoms with Crippen molar-refractivity contribution in [2.75, 3.05) is 19.6 Å². The van der Waals surface area contributed by atoms with Crippen LogP contribution in [0.2, 0.25) is 0 Å². The monoisotopic (exact) mass is 287 g/mol. The summed E-state index contributed by atoms with van der Waals surface area (Å²) in [5, 5.41) is 3.23. The van der Waals surface area contributed by atoms with Crippen molar-refractivity contribution in [3.63, 3.8) is 0 Å². The lowest BCUT2D eigenvalue weighted by Gasteiger charge is -2.37. The summed E-state index contributed by atoms with van der Waals surface area (Å²) in [6.07, 6.45) is 0. The maximum atomic E-state index is 12.5. The Balaban J connectivity index is 1.86. The summed E-state index contributed by atoms with van der Waals surface area (Å²) in [4.78, 5) is 26.9. The van der Waals surface area contributed by atoms with Crippen LogP contribution in [-0.2, 0) is 22.7 Å². The number of amides is 2. The molecular formula is C16H21N3O2. The molecule has 2 aliphatic heterocycles. The third-order valence-electron chi connectivity index (χ3n) is 3.97. The number of nitrogens with zero attached hydrogens (tertiary/aromatic N) is 3. The molecular weight excluding hydrogens is 266 g/mol. The van der Waals surface area contributed by atoms with E-state index in [1.54, 1.807) is 10.0 Å². The minimum Gasteiger partial charge on any atom is -0.285 e. The van der Waals surface area contributed by atoms with Gasteiger partial charge in [-0.3, -0.25) is 14.5 Å². The van der Waals surface area contributed by atoms with E-state index in [0.717, 1.165) is 17.7 Å². The molecule has 0 bridgehead atoms. The van der Waals surface area contributed by atoms with Gasteiger partial charge in [-0.15, -0.1) is 0 Å². The maximum Gasteiger partial charge on any atom is 0.255 e. The number of rotatable bonds is 2. The summed E-state index contributed by atoms with van der Waals surface area (Å²) in [6, 6.07) is 8.01. The van der Waals surface area contributed by atoms with Crippen LogP contribution in [0.1, 0.15) is 25.0 Å². The van der Waals surface area contributed by atoms with Crippen LogP contribution in [0.15, 0.2) is 24.3 Å². The molecule has 1 aromatic rings. The highest BCUT2D eigenvalue weighted by atomic mass is 16.2. The molecule has 5 nitrogen and oxygen atoms in total. The van der Waals surface area contributed by atoms with Crippen molar-refractivity contribution in [2.24, 2.45) is 5.92 Å². The summed E-state index contributed by atoms with van der Waals surface area (Å²) in [7, 11) is 0. The van der Waals surface area contributed by atoms with Crippen LogP contribution in [-0.4, -0.2) is 46.4 Å². The Morgan fingerprint density at radius 1 is 0.905 bits per heavy atom. The van der Waals surface area contributed by atoms with Crippen LogP contribution in [0, 0.1) is 5.92 Å². The maximum absolute atomic E-state index is 12.5. The summed E-state index contributed by atoms with van der Waals surface area (Å²) in [5.74, 6) is 0.458. The van der Waals surface area contributed by atoms with Crippen molar-refractivity contribution in [1.29, 1.82) is 0 Å². The Labute approximate surface area is 125 Å². The van der Waals surface area contributed by atoms with Crippen molar-refractivity contribution < 1.29 is 9.59 Å². The Hall–Kier alpha value is -1.88. The molecule has 0 atom stereocenters. The number of carbonyl (C=O) groups excluding carboxylic acids is 2. The Bertz CT molecular complexity index is 525. The smallest absolute Gasteiger partial charge is 0.255 e. The molecule has 3 rings (SSSR count). The number of fused-ring (bicyclic) bond motifs is 2. The zero-order chi connectivity index (χ0) is 15.0. The quantitative estimate of drug-likeness (QED) is 0.822. The molecule has 2 aliphatic rings. The van der Waals surface area contributed by atoms with Gasteiger partial charge < -0.3 is 0 Å². The van der Waals surface area contributed by atoms with Crippen LogP contribution >= 0.6 is 0 Å². The molecule has 1 saturated heterocycles. The topological polar surface area (TPSA) is 43.9 Å². The minimum absolute atomic E-state index is 0.0102. The van der Waals surface area contributed by atoms with Crippen molar-refractivity contribution in [1.82, 2.24) is 14.9 Å². The average Bonchev–Trinajstić information content (AvgIpc) is 2.54. The van der Waals surface area contributed by atoms with Gasteiger partial charge in [0, 0.05) is 6.54 Å². The number of hydrogen-bond donors (Lipinski definition) is 0. The largest absolute Gasteiger partial charge is 0.285 e. The fourth-order valence-electron chi connectivity index (χ4n) is 3.05. The number of carbonyl (C=O) groups is 2. The summed E-state index contributed by atoms with van der Waals surface area (Å²) < 4.78 is 0. The first-order valence-corrected chi connectivity index (χ1v) is 7.44. The second-order valence-corrected chi connectivity index (χ2v) is 6.23. The highest BCUT2D eigenvalue weighted by Crippen LogP contribution is 2.24. The Morgan fingerprint density at radius 3 is 1.81 bits per heavy atom. The first kappa shape index (κ1) is 14.1. The molecule has 0 saturated carbocycles. The fourth-order valence-corrected chi connectivity index (χ4v) is 3.05. The van der Waals surface area contributed by atoms with Crippen molar-refractivity contribution in [3.05, 3.63) is 35.4 Å². The lowest BCUT2D eigenvalue weighted by atomic mass is 10.1. The number of hydrogen-bond acceptors (Lipinski definition) is 3. The van der Waals surface area contributed by atoms with E-state index in [1.807, 2.05) is 29.2 Å². The van der Waals surface area contributed by atoms with Crippen molar-refractivity contribution in [2.45, 2.75) is 26.9 Å². The average molecular weight is 287 g/mol. The predicted octanol–water partition coefficient (Wildman–Crippen LogP) is 1.24. The minimum atomic E-state index is 0.0102. The zero-order valence-corrected chi connectivity index (χ0v) is 12.6. The normalized spacial score (nSPS) is 19.6. The third-order valence-corrected chi connectivity index (χ3v) is 3.97. The van der Waals surface area contributed by atoms with Crippen LogP contribution in [0.4, 0.5) is 0 Å². The first-order chi connectivity index (χ1) is 10.0. The van der Waals surface area contributed by atoms with E-state index in [-0.39, 0.29) is 11.8 Å². The zero-order valence-electron chi connectivity index (χ0n) is 12.6. The summed E-state index contributed by atoms with van der Waals surface area (Å²) >= 11 is 0. The number of benzene rings is 1. The molecule has 0 unspecified atom stereocenters. The molecule has 0 radical (unpaired) electrons. The second kappa shape index (κ2) is 5.48. The van der Waals surface area contributed by atoms with Gasteiger partial charge in [0.1, 0.15) is 0 Å². The highest BCUT2D eigenvalue weighted by Gasteiger charge is 2.35. The van der Waals surface area contributed by atoms with Gasteiger partial charge in [0.25, 0.3) is 11.8 Å². The van der Waals surface area contributed by atoms with Gasteiger partial charge in [0.2, 0.25) is 0 Å².